The van der Waals surface area contributed by atoms with Crippen LogP contribution in [0.4, 0.5) is 11.6 Å². The molecule has 1 unspecified atom stereocenters. The number of hydrogen-bond donors (Lipinski definition) is 2. The molecule has 0 saturated carbocycles. The lowest BCUT2D eigenvalue weighted by molar-refractivity contribution is 0.855. The molecule has 0 aliphatic carbocycles. The van der Waals surface area contributed by atoms with E-state index in [1.54, 1.807) is 17.7 Å². The van der Waals surface area contributed by atoms with Gasteiger partial charge in [0.05, 0.1) is 6.04 Å². The van der Waals surface area contributed by atoms with Gasteiger partial charge in [-0.1, -0.05) is 0 Å². The Labute approximate surface area is 111 Å². The Bertz CT molecular complexity index is 497. The zero-order chi connectivity index (χ0) is 13.0. The maximum absolute atomic E-state index is 4.30. The van der Waals surface area contributed by atoms with Crippen molar-refractivity contribution in [2.24, 2.45) is 0 Å². The molecule has 6 heteroatoms. The maximum atomic E-state index is 4.30. The molecule has 0 aromatic carbocycles. The van der Waals surface area contributed by atoms with Crippen molar-refractivity contribution in [1.29, 1.82) is 0 Å². The van der Waals surface area contributed by atoms with E-state index in [2.05, 4.69) is 32.5 Å². The highest BCUT2D eigenvalue weighted by Crippen LogP contribution is 2.24. The quantitative estimate of drug-likeness (QED) is 0.868. The average Bonchev–Trinajstić information content (AvgIpc) is 2.88. The predicted molar refractivity (Wildman–Crippen MR) is 75.1 cm³/mol. The fourth-order valence-corrected chi connectivity index (χ4v) is 2.30. The molecule has 5 nitrogen and oxygen atoms in total. The maximum Gasteiger partial charge on any atom is 0.134 e. The Hall–Kier alpha value is -1.69. The monoisotopic (exact) mass is 263 g/mol. The minimum absolute atomic E-state index is 0.146. The summed E-state index contributed by atoms with van der Waals surface area (Å²) in [4.78, 5) is 12.8. The van der Waals surface area contributed by atoms with Gasteiger partial charge < -0.3 is 10.6 Å². The van der Waals surface area contributed by atoms with E-state index in [0.29, 0.717) is 0 Å². The van der Waals surface area contributed by atoms with Crippen molar-refractivity contribution < 1.29 is 0 Å². The first-order valence-corrected chi connectivity index (χ1v) is 6.81. The molecule has 2 aromatic rings. The topological polar surface area (TPSA) is 62.7 Å². The van der Waals surface area contributed by atoms with Crippen LogP contribution >= 0.6 is 11.3 Å². The lowest BCUT2D eigenvalue weighted by Crippen LogP contribution is -2.11. The molecule has 0 aliphatic heterocycles. The fraction of sp³-hybridized carbons (Fsp3) is 0.417. The lowest BCUT2D eigenvalue weighted by atomic mass is 10.2. The molecule has 0 bridgehead atoms. The molecular formula is C12H17N5S. The summed E-state index contributed by atoms with van der Waals surface area (Å²) in [6, 6.07) is 0.146. The number of anilines is 2. The summed E-state index contributed by atoms with van der Waals surface area (Å²) in [5.74, 6) is 1.73. The summed E-state index contributed by atoms with van der Waals surface area (Å²) in [5.41, 5.74) is 1.03. The summed E-state index contributed by atoms with van der Waals surface area (Å²) in [7, 11) is 0. The van der Waals surface area contributed by atoms with Crippen molar-refractivity contribution in [3.05, 3.63) is 28.5 Å². The van der Waals surface area contributed by atoms with Gasteiger partial charge in [-0.3, -0.25) is 0 Å². The summed E-state index contributed by atoms with van der Waals surface area (Å²) in [6.45, 7) is 6.98. The van der Waals surface area contributed by atoms with Gasteiger partial charge in [-0.25, -0.2) is 15.0 Å². The SMILES string of the molecule is CCNc1ncnc(NC(C)c2nccs2)c1C. The van der Waals surface area contributed by atoms with Crippen LogP contribution in [0.1, 0.15) is 30.5 Å². The van der Waals surface area contributed by atoms with E-state index in [4.69, 9.17) is 0 Å². The predicted octanol–water partition coefficient (Wildman–Crippen LogP) is 2.85. The fourth-order valence-electron chi connectivity index (χ4n) is 1.66. The summed E-state index contributed by atoms with van der Waals surface area (Å²) < 4.78 is 0. The third-order valence-corrected chi connectivity index (χ3v) is 3.56. The van der Waals surface area contributed by atoms with Gasteiger partial charge in [0, 0.05) is 23.7 Å². The normalized spacial score (nSPS) is 12.2. The number of aromatic nitrogens is 3. The second-order valence-electron chi connectivity index (χ2n) is 3.96. The number of thiazole rings is 1. The minimum atomic E-state index is 0.146. The van der Waals surface area contributed by atoms with Gasteiger partial charge in [-0.15, -0.1) is 11.3 Å². The molecule has 2 N–H and O–H groups in total. The van der Waals surface area contributed by atoms with E-state index < -0.39 is 0 Å². The number of rotatable bonds is 5. The highest BCUT2D eigenvalue weighted by Gasteiger charge is 2.12. The lowest BCUT2D eigenvalue weighted by Gasteiger charge is -2.15. The van der Waals surface area contributed by atoms with Crippen LogP contribution in [0.25, 0.3) is 0 Å². The van der Waals surface area contributed by atoms with Crippen molar-refractivity contribution >= 4 is 23.0 Å². The van der Waals surface area contributed by atoms with E-state index in [0.717, 1.165) is 28.8 Å². The molecular weight excluding hydrogens is 246 g/mol. The van der Waals surface area contributed by atoms with Gasteiger partial charge in [0.1, 0.15) is 23.0 Å². The molecule has 0 aliphatic rings. The standard InChI is InChI=1S/C12H17N5S/c1-4-13-10-8(2)11(16-7-15-10)17-9(3)12-14-5-6-18-12/h5-7,9H,4H2,1-3H3,(H2,13,15,16,17). The van der Waals surface area contributed by atoms with Crippen molar-refractivity contribution in [2.45, 2.75) is 26.8 Å². The van der Waals surface area contributed by atoms with Crippen LogP contribution in [-0.4, -0.2) is 21.5 Å². The van der Waals surface area contributed by atoms with Crippen LogP contribution in [0.3, 0.4) is 0 Å². The van der Waals surface area contributed by atoms with Gasteiger partial charge in [0.15, 0.2) is 0 Å². The molecule has 1 atom stereocenters. The van der Waals surface area contributed by atoms with E-state index in [1.807, 2.05) is 25.4 Å². The van der Waals surface area contributed by atoms with Crippen LogP contribution in [0.2, 0.25) is 0 Å². The molecule has 2 aromatic heterocycles. The zero-order valence-electron chi connectivity index (χ0n) is 10.8. The van der Waals surface area contributed by atoms with Crippen LogP contribution in [-0.2, 0) is 0 Å². The molecule has 0 saturated heterocycles. The van der Waals surface area contributed by atoms with Crippen LogP contribution in [0.15, 0.2) is 17.9 Å². The molecule has 2 rings (SSSR count). The molecule has 18 heavy (non-hydrogen) atoms. The number of hydrogen-bond acceptors (Lipinski definition) is 6. The minimum Gasteiger partial charge on any atom is -0.370 e. The Morgan fingerprint density at radius 2 is 2.06 bits per heavy atom. The van der Waals surface area contributed by atoms with E-state index in [-0.39, 0.29) is 6.04 Å². The number of nitrogens with zero attached hydrogens (tertiary/aromatic N) is 3. The van der Waals surface area contributed by atoms with E-state index >= 15 is 0 Å². The van der Waals surface area contributed by atoms with Gasteiger partial charge in [0.2, 0.25) is 0 Å². The van der Waals surface area contributed by atoms with Crippen LogP contribution in [0, 0.1) is 6.92 Å². The Morgan fingerprint density at radius 3 is 2.72 bits per heavy atom. The third-order valence-electron chi connectivity index (χ3n) is 2.60. The molecule has 0 amide bonds. The average molecular weight is 263 g/mol. The van der Waals surface area contributed by atoms with Gasteiger partial charge >= 0.3 is 0 Å². The van der Waals surface area contributed by atoms with Crippen molar-refractivity contribution in [3.63, 3.8) is 0 Å². The van der Waals surface area contributed by atoms with Crippen LogP contribution in [0.5, 0.6) is 0 Å². The molecule has 2 heterocycles. The molecule has 96 valence electrons. The second-order valence-corrected chi connectivity index (χ2v) is 4.89. The van der Waals surface area contributed by atoms with Gasteiger partial charge in [-0.2, -0.15) is 0 Å². The first kappa shape index (κ1) is 12.8. The molecule has 0 radical (unpaired) electrons. The Balaban J connectivity index is 2.16. The van der Waals surface area contributed by atoms with Gasteiger partial charge in [0.25, 0.3) is 0 Å². The Kier molecular flexibility index (Phi) is 4.09. The third kappa shape index (κ3) is 2.76. The first-order valence-electron chi connectivity index (χ1n) is 5.93. The summed E-state index contributed by atoms with van der Waals surface area (Å²) in [6.07, 6.45) is 3.39. The highest BCUT2D eigenvalue weighted by atomic mass is 32.1. The van der Waals surface area contributed by atoms with Crippen molar-refractivity contribution in [1.82, 2.24) is 15.0 Å². The van der Waals surface area contributed by atoms with Gasteiger partial charge in [-0.05, 0) is 20.8 Å². The molecule has 0 spiro atoms. The van der Waals surface area contributed by atoms with Crippen LogP contribution < -0.4 is 10.6 Å². The van der Waals surface area contributed by atoms with E-state index in [1.165, 1.54) is 0 Å². The van der Waals surface area contributed by atoms with Crippen molar-refractivity contribution in [3.8, 4) is 0 Å². The molecule has 0 fully saturated rings. The largest absolute Gasteiger partial charge is 0.370 e. The first-order chi connectivity index (χ1) is 8.72. The number of nitrogens with one attached hydrogen (secondary N) is 2. The van der Waals surface area contributed by atoms with E-state index in [9.17, 15) is 0 Å². The summed E-state index contributed by atoms with van der Waals surface area (Å²) >= 11 is 1.64. The van der Waals surface area contributed by atoms with Crippen molar-refractivity contribution in [2.75, 3.05) is 17.2 Å². The second kappa shape index (κ2) is 5.77. The highest BCUT2D eigenvalue weighted by molar-refractivity contribution is 7.09. The smallest absolute Gasteiger partial charge is 0.134 e. The Morgan fingerprint density at radius 1 is 1.28 bits per heavy atom. The summed E-state index contributed by atoms with van der Waals surface area (Å²) in [5, 5.41) is 9.62. The zero-order valence-corrected chi connectivity index (χ0v) is 11.6.